The van der Waals surface area contributed by atoms with Gasteiger partial charge in [-0.15, -0.1) is 0 Å². The first-order valence-electron chi connectivity index (χ1n) is 9.11. The second kappa shape index (κ2) is 9.15. The van der Waals surface area contributed by atoms with Gasteiger partial charge in [0.05, 0.1) is 4.90 Å². The summed E-state index contributed by atoms with van der Waals surface area (Å²) >= 11 is 0. The summed E-state index contributed by atoms with van der Waals surface area (Å²) in [6.07, 6.45) is -5.03. The van der Waals surface area contributed by atoms with Crippen molar-refractivity contribution in [2.24, 2.45) is 0 Å². The second-order valence-corrected chi connectivity index (χ2v) is 9.23. The van der Waals surface area contributed by atoms with E-state index < -0.39 is 27.6 Å². The third-order valence-electron chi connectivity index (χ3n) is 4.29. The molecule has 0 fully saturated rings. The van der Waals surface area contributed by atoms with E-state index in [0.29, 0.717) is 0 Å². The van der Waals surface area contributed by atoms with Crippen LogP contribution in [0.4, 0.5) is 18.9 Å². The molecular weight excluding hydrogens is 419 g/mol. The molecule has 0 saturated heterocycles. The normalized spacial score (nSPS) is 13.7. The SMILES string of the molecule is CC(NC(C)(C)CNS(=O)(=O)c1ccc(NC(=O)C(F)(F)F)cc1)c1ccccc1. The number of benzene rings is 2. The molecule has 2 rings (SSSR count). The highest BCUT2D eigenvalue weighted by Crippen LogP contribution is 2.20. The quantitative estimate of drug-likeness (QED) is 0.582. The summed E-state index contributed by atoms with van der Waals surface area (Å²) in [6.45, 7) is 5.76. The van der Waals surface area contributed by atoms with Crippen LogP contribution in [0.15, 0.2) is 59.5 Å². The average Bonchev–Trinajstić information content (AvgIpc) is 2.67. The molecule has 1 amide bonds. The van der Waals surface area contributed by atoms with Crippen molar-refractivity contribution in [3.63, 3.8) is 0 Å². The van der Waals surface area contributed by atoms with Crippen molar-refractivity contribution >= 4 is 21.6 Å². The van der Waals surface area contributed by atoms with Crippen molar-refractivity contribution in [3.8, 4) is 0 Å². The molecule has 0 radical (unpaired) electrons. The zero-order valence-electron chi connectivity index (χ0n) is 16.7. The molecule has 0 aliphatic rings. The van der Waals surface area contributed by atoms with Crippen molar-refractivity contribution in [3.05, 3.63) is 60.2 Å². The van der Waals surface area contributed by atoms with Gasteiger partial charge < -0.3 is 10.6 Å². The Balaban J connectivity index is 1.99. The van der Waals surface area contributed by atoms with E-state index in [1.165, 1.54) is 0 Å². The van der Waals surface area contributed by atoms with Gasteiger partial charge in [0.15, 0.2) is 0 Å². The van der Waals surface area contributed by atoms with Gasteiger partial charge in [0, 0.05) is 23.8 Å². The topological polar surface area (TPSA) is 87.3 Å². The van der Waals surface area contributed by atoms with Gasteiger partial charge >= 0.3 is 12.1 Å². The zero-order valence-corrected chi connectivity index (χ0v) is 17.6. The van der Waals surface area contributed by atoms with E-state index in [9.17, 15) is 26.4 Å². The Hall–Kier alpha value is -2.43. The van der Waals surface area contributed by atoms with Crippen LogP contribution in [0.5, 0.6) is 0 Å². The molecule has 2 aromatic carbocycles. The van der Waals surface area contributed by atoms with Crippen molar-refractivity contribution < 1.29 is 26.4 Å². The van der Waals surface area contributed by atoms with Crippen LogP contribution in [-0.2, 0) is 14.8 Å². The van der Waals surface area contributed by atoms with Crippen LogP contribution in [0.2, 0.25) is 0 Å². The van der Waals surface area contributed by atoms with Gasteiger partial charge in [-0.1, -0.05) is 30.3 Å². The van der Waals surface area contributed by atoms with Crippen LogP contribution in [0.1, 0.15) is 32.4 Å². The van der Waals surface area contributed by atoms with Gasteiger partial charge in [-0.3, -0.25) is 4.79 Å². The van der Waals surface area contributed by atoms with Crippen LogP contribution in [0.3, 0.4) is 0 Å². The maximum atomic E-state index is 12.5. The number of alkyl halides is 3. The highest BCUT2D eigenvalue weighted by molar-refractivity contribution is 7.89. The summed E-state index contributed by atoms with van der Waals surface area (Å²) in [5.41, 5.74) is 0.322. The van der Waals surface area contributed by atoms with Gasteiger partial charge in [0.25, 0.3) is 0 Å². The van der Waals surface area contributed by atoms with E-state index in [2.05, 4.69) is 10.0 Å². The first kappa shape index (κ1) is 23.8. The summed E-state index contributed by atoms with van der Waals surface area (Å²) in [7, 11) is -3.89. The summed E-state index contributed by atoms with van der Waals surface area (Å²) in [5.74, 6) is -2.13. The molecule has 3 N–H and O–H groups in total. The van der Waals surface area contributed by atoms with E-state index in [1.807, 2.05) is 51.1 Å². The molecule has 0 aromatic heterocycles. The number of rotatable bonds is 8. The number of hydrogen-bond acceptors (Lipinski definition) is 4. The number of nitrogens with one attached hydrogen (secondary N) is 3. The minimum Gasteiger partial charge on any atom is -0.318 e. The molecule has 164 valence electrons. The van der Waals surface area contributed by atoms with Crippen LogP contribution in [0, 0.1) is 0 Å². The van der Waals surface area contributed by atoms with Crippen LogP contribution in [0.25, 0.3) is 0 Å². The Bertz CT molecular complexity index is 960. The molecule has 1 unspecified atom stereocenters. The molecule has 0 saturated carbocycles. The zero-order chi connectivity index (χ0) is 22.6. The highest BCUT2D eigenvalue weighted by Gasteiger charge is 2.38. The highest BCUT2D eigenvalue weighted by atomic mass is 32.2. The molecule has 6 nitrogen and oxygen atoms in total. The lowest BCUT2D eigenvalue weighted by Gasteiger charge is -2.30. The summed E-state index contributed by atoms with van der Waals surface area (Å²) < 4.78 is 64.4. The molecule has 0 aliphatic carbocycles. The lowest BCUT2D eigenvalue weighted by atomic mass is 10.0. The van der Waals surface area contributed by atoms with Gasteiger partial charge in [-0.2, -0.15) is 13.2 Å². The molecule has 0 bridgehead atoms. The fourth-order valence-corrected chi connectivity index (χ4v) is 3.95. The summed E-state index contributed by atoms with van der Waals surface area (Å²) in [4.78, 5) is 10.8. The number of carbonyl (C=O) groups is 1. The third-order valence-corrected chi connectivity index (χ3v) is 5.71. The Morgan fingerprint density at radius 2 is 1.57 bits per heavy atom. The molecule has 30 heavy (non-hydrogen) atoms. The number of carbonyl (C=O) groups excluding carboxylic acids is 1. The maximum absolute atomic E-state index is 12.5. The predicted molar refractivity (Wildman–Crippen MR) is 108 cm³/mol. The molecule has 0 heterocycles. The Morgan fingerprint density at radius 3 is 2.10 bits per heavy atom. The van der Waals surface area contributed by atoms with Crippen LogP contribution >= 0.6 is 0 Å². The van der Waals surface area contributed by atoms with Gasteiger partial charge in [-0.25, -0.2) is 13.1 Å². The minimum absolute atomic E-state index is 0.0118. The van der Waals surface area contributed by atoms with Crippen molar-refractivity contribution in [1.29, 1.82) is 0 Å². The first-order valence-corrected chi connectivity index (χ1v) is 10.6. The average molecular weight is 443 g/mol. The van der Waals surface area contributed by atoms with Gasteiger partial charge in [0.2, 0.25) is 10.0 Å². The smallest absolute Gasteiger partial charge is 0.318 e. The van der Waals surface area contributed by atoms with E-state index >= 15 is 0 Å². The maximum Gasteiger partial charge on any atom is 0.471 e. The van der Waals surface area contributed by atoms with Crippen LogP contribution in [-0.4, -0.2) is 32.6 Å². The minimum atomic E-state index is -5.03. The standard InChI is InChI=1S/C20H24F3N3O3S/c1-14(15-7-5-4-6-8-15)26-19(2,3)13-24-30(28,29)17-11-9-16(10-12-17)25-18(27)20(21,22)23/h4-12,14,24,26H,13H2,1-3H3,(H,25,27). The number of sulfonamides is 1. The third kappa shape index (κ3) is 6.82. The monoisotopic (exact) mass is 443 g/mol. The molecule has 0 aliphatic heterocycles. The van der Waals surface area contributed by atoms with E-state index in [1.54, 1.807) is 5.32 Å². The van der Waals surface area contributed by atoms with Crippen molar-refractivity contribution in [2.45, 2.75) is 43.4 Å². The number of hydrogen-bond donors (Lipinski definition) is 3. The molecule has 10 heteroatoms. The van der Waals surface area contributed by atoms with Gasteiger partial charge in [0.1, 0.15) is 0 Å². The number of amides is 1. The first-order chi connectivity index (χ1) is 13.8. The second-order valence-electron chi connectivity index (χ2n) is 7.46. The predicted octanol–water partition coefficient (Wildman–Crippen LogP) is 3.60. The molecule has 2 aromatic rings. The van der Waals surface area contributed by atoms with Crippen LogP contribution < -0.4 is 15.4 Å². The van der Waals surface area contributed by atoms with E-state index in [-0.39, 0.29) is 23.2 Å². The van der Waals surface area contributed by atoms with Crippen molar-refractivity contribution in [1.82, 2.24) is 10.0 Å². The largest absolute Gasteiger partial charge is 0.471 e. The number of halogens is 3. The van der Waals surface area contributed by atoms with E-state index in [4.69, 9.17) is 0 Å². The number of anilines is 1. The lowest BCUT2D eigenvalue weighted by Crippen LogP contribution is -2.49. The van der Waals surface area contributed by atoms with E-state index in [0.717, 1.165) is 29.8 Å². The Labute approximate surface area is 173 Å². The lowest BCUT2D eigenvalue weighted by molar-refractivity contribution is -0.167. The van der Waals surface area contributed by atoms with Gasteiger partial charge in [-0.05, 0) is 50.6 Å². The Morgan fingerprint density at radius 1 is 1.00 bits per heavy atom. The molecule has 1 atom stereocenters. The fraction of sp³-hybridized carbons (Fsp3) is 0.350. The molecule has 0 spiro atoms. The summed E-state index contributed by atoms with van der Waals surface area (Å²) in [6, 6.07) is 14.1. The summed E-state index contributed by atoms with van der Waals surface area (Å²) in [5, 5.41) is 5.03. The van der Waals surface area contributed by atoms with Crippen molar-refractivity contribution in [2.75, 3.05) is 11.9 Å². The fourth-order valence-electron chi connectivity index (χ4n) is 2.74. The molecular formula is C20H24F3N3O3S. The Kier molecular flexibility index (Phi) is 7.27.